The maximum atomic E-state index is 12.9. The van der Waals surface area contributed by atoms with Crippen molar-refractivity contribution in [2.24, 2.45) is 0 Å². The van der Waals surface area contributed by atoms with E-state index in [1.807, 2.05) is 0 Å². The molecule has 0 amide bonds. The minimum Gasteiger partial charge on any atom is -0.372 e. The van der Waals surface area contributed by atoms with Gasteiger partial charge in [-0.2, -0.15) is 13.2 Å². The number of alkyl halides is 5. The first-order valence-corrected chi connectivity index (χ1v) is 6.92. The smallest absolute Gasteiger partial charge is 0.372 e. The van der Waals surface area contributed by atoms with E-state index < -0.39 is 24.0 Å². The Balaban J connectivity index is 2.69. The number of benzene rings is 1. The molecule has 0 bridgehead atoms. The SMILES string of the molecule is Fc1ccc(C(CCl)(CCl)CCOCC(F)(F)F)cc1. The Kier molecular flexibility index (Phi) is 6.55. The number of hydrogen-bond acceptors (Lipinski definition) is 1. The molecule has 0 aliphatic carbocycles. The molecule has 0 aliphatic rings. The van der Waals surface area contributed by atoms with Gasteiger partial charge in [0.2, 0.25) is 0 Å². The first-order valence-electron chi connectivity index (χ1n) is 5.85. The molecule has 0 saturated heterocycles. The van der Waals surface area contributed by atoms with E-state index in [0.29, 0.717) is 5.56 Å². The molecular weight excluding hydrogens is 319 g/mol. The summed E-state index contributed by atoms with van der Waals surface area (Å²) in [7, 11) is 0. The van der Waals surface area contributed by atoms with Crippen molar-refractivity contribution in [2.45, 2.75) is 18.0 Å². The molecule has 0 N–H and O–H groups in total. The second kappa shape index (κ2) is 7.48. The van der Waals surface area contributed by atoms with Crippen molar-refractivity contribution in [3.05, 3.63) is 35.6 Å². The summed E-state index contributed by atoms with van der Waals surface area (Å²) in [6, 6.07) is 5.59. The van der Waals surface area contributed by atoms with Gasteiger partial charge in [-0.05, 0) is 24.1 Å². The zero-order chi connectivity index (χ0) is 15.2. The molecule has 0 saturated carbocycles. The lowest BCUT2D eigenvalue weighted by molar-refractivity contribution is -0.174. The fraction of sp³-hybridized carbons (Fsp3) is 0.538. The van der Waals surface area contributed by atoms with E-state index in [0.717, 1.165) is 0 Å². The van der Waals surface area contributed by atoms with Crippen molar-refractivity contribution < 1.29 is 22.3 Å². The molecule has 114 valence electrons. The molecule has 0 atom stereocenters. The average molecular weight is 333 g/mol. The molecular formula is C13H14Cl2F4O. The van der Waals surface area contributed by atoms with Crippen LogP contribution in [-0.4, -0.2) is 31.2 Å². The first-order chi connectivity index (χ1) is 9.33. The van der Waals surface area contributed by atoms with Crippen LogP contribution in [0.5, 0.6) is 0 Å². The van der Waals surface area contributed by atoms with Gasteiger partial charge in [-0.3, -0.25) is 0 Å². The largest absolute Gasteiger partial charge is 0.411 e. The Morgan fingerprint density at radius 1 is 1.00 bits per heavy atom. The summed E-state index contributed by atoms with van der Waals surface area (Å²) in [5.74, 6) is -0.185. The molecule has 0 aliphatic heterocycles. The Morgan fingerprint density at radius 2 is 1.55 bits per heavy atom. The molecule has 0 spiro atoms. The number of hydrogen-bond donors (Lipinski definition) is 0. The Morgan fingerprint density at radius 3 is 2.00 bits per heavy atom. The predicted molar refractivity (Wildman–Crippen MR) is 71.0 cm³/mol. The monoisotopic (exact) mass is 332 g/mol. The van der Waals surface area contributed by atoms with Gasteiger partial charge in [0, 0.05) is 23.8 Å². The highest BCUT2D eigenvalue weighted by Gasteiger charge is 2.32. The van der Waals surface area contributed by atoms with Gasteiger partial charge in [0.25, 0.3) is 0 Å². The first kappa shape index (κ1) is 17.5. The topological polar surface area (TPSA) is 9.23 Å². The zero-order valence-corrected chi connectivity index (χ0v) is 12.0. The molecule has 0 fully saturated rings. The predicted octanol–water partition coefficient (Wildman–Crippen LogP) is 4.51. The van der Waals surface area contributed by atoms with Crippen LogP contribution in [0.3, 0.4) is 0 Å². The van der Waals surface area contributed by atoms with Crippen LogP contribution < -0.4 is 0 Å². The van der Waals surface area contributed by atoms with E-state index in [-0.39, 0.29) is 24.8 Å². The van der Waals surface area contributed by atoms with Crippen LogP contribution in [0.25, 0.3) is 0 Å². The Hall–Kier alpha value is -0.520. The van der Waals surface area contributed by atoms with Gasteiger partial charge in [0.15, 0.2) is 0 Å². The number of rotatable bonds is 7. The van der Waals surface area contributed by atoms with Crippen LogP contribution in [-0.2, 0) is 10.2 Å². The summed E-state index contributed by atoms with van der Waals surface area (Å²) in [5.41, 5.74) is -0.0536. The molecule has 1 aromatic carbocycles. The van der Waals surface area contributed by atoms with Gasteiger partial charge in [-0.25, -0.2) is 4.39 Å². The van der Waals surface area contributed by atoms with Crippen LogP contribution >= 0.6 is 23.2 Å². The average Bonchev–Trinajstić information content (AvgIpc) is 2.40. The van der Waals surface area contributed by atoms with Gasteiger partial charge in [0.05, 0.1) is 0 Å². The highest BCUT2D eigenvalue weighted by atomic mass is 35.5. The van der Waals surface area contributed by atoms with Crippen molar-refractivity contribution in [2.75, 3.05) is 25.0 Å². The molecule has 1 nitrogen and oxygen atoms in total. The molecule has 7 heteroatoms. The third-order valence-corrected chi connectivity index (χ3v) is 3.98. The van der Waals surface area contributed by atoms with Gasteiger partial charge >= 0.3 is 6.18 Å². The van der Waals surface area contributed by atoms with Crippen LogP contribution in [0, 0.1) is 5.82 Å². The van der Waals surface area contributed by atoms with E-state index in [1.54, 1.807) is 0 Å². The Bertz CT molecular complexity index is 402. The van der Waals surface area contributed by atoms with E-state index in [2.05, 4.69) is 4.74 Å². The third kappa shape index (κ3) is 5.11. The second-order valence-corrected chi connectivity index (χ2v) is 5.01. The van der Waals surface area contributed by atoms with Crippen LogP contribution in [0.1, 0.15) is 12.0 Å². The third-order valence-electron chi connectivity index (χ3n) is 2.96. The zero-order valence-electron chi connectivity index (χ0n) is 10.5. The van der Waals surface area contributed by atoms with Gasteiger partial charge in [0.1, 0.15) is 12.4 Å². The summed E-state index contributed by atoms with van der Waals surface area (Å²) in [6.07, 6.45) is -4.14. The second-order valence-electron chi connectivity index (χ2n) is 4.47. The van der Waals surface area contributed by atoms with Gasteiger partial charge < -0.3 is 4.74 Å². The normalized spacial score (nSPS) is 12.7. The van der Waals surface area contributed by atoms with Gasteiger partial charge in [-0.15, -0.1) is 23.2 Å². The lowest BCUT2D eigenvalue weighted by Crippen LogP contribution is -2.33. The van der Waals surface area contributed by atoms with E-state index in [1.165, 1.54) is 24.3 Å². The molecule has 20 heavy (non-hydrogen) atoms. The van der Waals surface area contributed by atoms with Crippen LogP contribution in [0.4, 0.5) is 17.6 Å². The maximum absolute atomic E-state index is 12.9. The van der Waals surface area contributed by atoms with Crippen LogP contribution in [0.15, 0.2) is 24.3 Å². The fourth-order valence-electron chi connectivity index (χ4n) is 1.73. The molecule has 0 aromatic heterocycles. The molecule has 1 rings (SSSR count). The molecule has 1 aromatic rings. The number of halogens is 6. The highest BCUT2D eigenvalue weighted by Crippen LogP contribution is 2.31. The maximum Gasteiger partial charge on any atom is 0.411 e. The quantitative estimate of drug-likeness (QED) is 0.405. The summed E-state index contributed by atoms with van der Waals surface area (Å²) < 4.78 is 53.5. The lowest BCUT2D eigenvalue weighted by Gasteiger charge is -2.30. The van der Waals surface area contributed by atoms with Crippen molar-refractivity contribution in [1.29, 1.82) is 0 Å². The molecule has 0 heterocycles. The van der Waals surface area contributed by atoms with E-state index in [4.69, 9.17) is 23.2 Å². The number of ether oxygens (including phenoxy) is 1. The summed E-state index contributed by atoms with van der Waals surface area (Å²) >= 11 is 11.8. The fourth-order valence-corrected chi connectivity index (χ4v) is 2.59. The summed E-state index contributed by atoms with van der Waals surface area (Å²) in [6.45, 7) is -1.44. The van der Waals surface area contributed by atoms with Gasteiger partial charge in [-0.1, -0.05) is 12.1 Å². The summed E-state index contributed by atoms with van der Waals surface area (Å²) in [5, 5.41) is 0. The summed E-state index contributed by atoms with van der Waals surface area (Å²) in [4.78, 5) is 0. The van der Waals surface area contributed by atoms with Crippen molar-refractivity contribution in [3.63, 3.8) is 0 Å². The highest BCUT2D eigenvalue weighted by molar-refractivity contribution is 6.22. The molecule has 0 radical (unpaired) electrons. The van der Waals surface area contributed by atoms with E-state index >= 15 is 0 Å². The molecule has 0 unspecified atom stereocenters. The lowest BCUT2D eigenvalue weighted by atomic mass is 9.81. The van der Waals surface area contributed by atoms with Crippen molar-refractivity contribution >= 4 is 23.2 Å². The van der Waals surface area contributed by atoms with E-state index in [9.17, 15) is 17.6 Å². The van der Waals surface area contributed by atoms with Crippen molar-refractivity contribution in [1.82, 2.24) is 0 Å². The minimum absolute atomic E-state index is 0.109. The standard InChI is InChI=1S/C13H14Cl2F4O/c14-7-12(8-15,5-6-20-9-13(17,18)19)10-1-3-11(16)4-2-10/h1-4H,5-9H2. The Labute approximate surface area is 124 Å². The van der Waals surface area contributed by atoms with Crippen LogP contribution in [0.2, 0.25) is 0 Å². The van der Waals surface area contributed by atoms with Crippen molar-refractivity contribution in [3.8, 4) is 0 Å². The minimum atomic E-state index is -4.36.